The van der Waals surface area contributed by atoms with E-state index in [9.17, 15) is 14.4 Å². The van der Waals surface area contributed by atoms with E-state index < -0.39 is 0 Å². The average Bonchev–Trinajstić information content (AvgIpc) is 3.40. The number of carbonyl (C=O) groups excluding carboxylic acids is 3. The van der Waals surface area contributed by atoms with Gasteiger partial charge in [0, 0.05) is 28.8 Å². The number of halogens is 1. The number of rotatable bonds is 7. The number of H-pyrrole nitrogens is 1. The Kier molecular flexibility index (Phi) is 8.10. The average molecular weight is 489 g/mol. The molecule has 0 fully saturated rings. The third-order valence-corrected chi connectivity index (χ3v) is 4.74. The molecule has 4 N–H and O–H groups in total. The summed E-state index contributed by atoms with van der Waals surface area (Å²) in [6, 6.07) is 20.2. The first-order valence-corrected chi connectivity index (χ1v) is 10.2. The van der Waals surface area contributed by atoms with Gasteiger partial charge in [-0.2, -0.15) is 5.10 Å². The van der Waals surface area contributed by atoms with Gasteiger partial charge in [-0.05, 0) is 66.7 Å². The number of hydrogen-bond acceptors (Lipinski definition) is 5. The van der Waals surface area contributed by atoms with E-state index in [4.69, 9.17) is 0 Å². The number of aromatic nitrogens is 3. The zero-order valence-electron chi connectivity index (χ0n) is 18.3. The first-order valence-electron chi connectivity index (χ1n) is 10.2. The number of nitrogens with zero attached hydrogens (tertiary/aromatic N) is 2. The van der Waals surface area contributed by atoms with Crippen LogP contribution in [0, 0.1) is 0 Å². The second-order valence-corrected chi connectivity index (χ2v) is 7.14. The first kappa shape index (κ1) is 24.9. The molecule has 2 aromatic carbocycles. The molecule has 0 saturated heterocycles. The Morgan fingerprint density at radius 3 is 2.14 bits per heavy atom. The van der Waals surface area contributed by atoms with E-state index >= 15 is 0 Å². The zero-order valence-corrected chi connectivity index (χ0v) is 19.1. The number of pyridine rings is 1. The van der Waals surface area contributed by atoms with Crippen LogP contribution < -0.4 is 16.0 Å². The van der Waals surface area contributed by atoms with Crippen LogP contribution in [0.5, 0.6) is 0 Å². The predicted molar refractivity (Wildman–Crippen MR) is 137 cm³/mol. The molecule has 0 bridgehead atoms. The Morgan fingerprint density at radius 2 is 1.49 bits per heavy atom. The lowest BCUT2D eigenvalue weighted by molar-refractivity contribution is -0.111. The fraction of sp³-hybridized carbons (Fsp3) is 0. The predicted octanol–water partition coefficient (Wildman–Crippen LogP) is 4.52. The van der Waals surface area contributed by atoms with Crippen LogP contribution in [0.15, 0.2) is 91.6 Å². The van der Waals surface area contributed by atoms with Gasteiger partial charge < -0.3 is 16.0 Å². The molecule has 0 aliphatic carbocycles. The molecule has 0 aliphatic rings. The summed E-state index contributed by atoms with van der Waals surface area (Å²) >= 11 is 0. The first-order chi connectivity index (χ1) is 16.5. The molecule has 4 aromatic rings. The molecule has 0 unspecified atom stereocenters. The molecule has 35 heavy (non-hydrogen) atoms. The lowest BCUT2D eigenvalue weighted by atomic mass is 10.1. The normalized spacial score (nSPS) is 9.94. The molecule has 0 atom stereocenters. The summed E-state index contributed by atoms with van der Waals surface area (Å²) in [5.74, 6) is -1.07. The fourth-order valence-electron chi connectivity index (χ4n) is 3.08. The van der Waals surface area contributed by atoms with Crippen molar-refractivity contribution in [1.82, 2.24) is 15.2 Å². The maximum Gasteiger partial charge on any atom is 0.274 e. The van der Waals surface area contributed by atoms with E-state index in [2.05, 4.69) is 37.7 Å². The van der Waals surface area contributed by atoms with E-state index in [1.807, 2.05) is 0 Å². The van der Waals surface area contributed by atoms with Crippen molar-refractivity contribution in [3.05, 3.63) is 103 Å². The van der Waals surface area contributed by atoms with Crippen molar-refractivity contribution in [3.8, 4) is 11.4 Å². The van der Waals surface area contributed by atoms with Gasteiger partial charge in [0.2, 0.25) is 5.91 Å². The summed E-state index contributed by atoms with van der Waals surface area (Å²) in [4.78, 5) is 41.0. The van der Waals surface area contributed by atoms with E-state index in [1.165, 1.54) is 0 Å². The summed E-state index contributed by atoms with van der Waals surface area (Å²) < 4.78 is 0. The molecule has 2 heterocycles. The molecule has 0 spiro atoms. The van der Waals surface area contributed by atoms with E-state index in [0.29, 0.717) is 34.0 Å². The second kappa shape index (κ2) is 11.4. The SMILES string of the molecule is C=CC(=O)Nc1cccc(C(=O)Nc2ccc(NC(=O)c3cccc(-c4ccn[nH]4)n3)cc2)c1.Cl. The van der Waals surface area contributed by atoms with Gasteiger partial charge >= 0.3 is 0 Å². The van der Waals surface area contributed by atoms with Crippen LogP contribution in [0.25, 0.3) is 11.4 Å². The number of aromatic amines is 1. The summed E-state index contributed by atoms with van der Waals surface area (Å²) in [5.41, 5.74) is 3.53. The van der Waals surface area contributed by atoms with Crippen LogP contribution in [0.4, 0.5) is 17.1 Å². The Labute approximate surface area is 207 Å². The minimum absolute atomic E-state index is 0. The lowest BCUT2D eigenvalue weighted by Gasteiger charge is -2.09. The number of nitrogens with one attached hydrogen (secondary N) is 4. The third-order valence-electron chi connectivity index (χ3n) is 4.74. The number of amides is 3. The maximum atomic E-state index is 12.6. The van der Waals surface area contributed by atoms with Crippen LogP contribution in [-0.2, 0) is 4.79 Å². The highest BCUT2D eigenvalue weighted by Crippen LogP contribution is 2.18. The van der Waals surface area contributed by atoms with Gasteiger partial charge in [0.25, 0.3) is 11.8 Å². The van der Waals surface area contributed by atoms with Gasteiger partial charge in [-0.1, -0.05) is 18.7 Å². The number of benzene rings is 2. The summed E-state index contributed by atoms with van der Waals surface area (Å²) in [6.45, 7) is 3.40. The van der Waals surface area contributed by atoms with E-state index in [1.54, 1.807) is 79.0 Å². The van der Waals surface area contributed by atoms with Gasteiger partial charge in [-0.15, -0.1) is 12.4 Å². The number of hydrogen-bond donors (Lipinski definition) is 4. The van der Waals surface area contributed by atoms with Crippen molar-refractivity contribution in [2.45, 2.75) is 0 Å². The highest BCUT2D eigenvalue weighted by molar-refractivity contribution is 6.06. The van der Waals surface area contributed by atoms with Crippen LogP contribution in [0.1, 0.15) is 20.8 Å². The Morgan fingerprint density at radius 1 is 0.800 bits per heavy atom. The quantitative estimate of drug-likeness (QED) is 0.284. The summed E-state index contributed by atoms with van der Waals surface area (Å²) in [7, 11) is 0. The largest absolute Gasteiger partial charge is 0.323 e. The lowest BCUT2D eigenvalue weighted by Crippen LogP contribution is -2.15. The summed E-state index contributed by atoms with van der Waals surface area (Å²) in [6.07, 6.45) is 2.76. The maximum absolute atomic E-state index is 12.6. The van der Waals surface area contributed by atoms with Crippen LogP contribution in [0.2, 0.25) is 0 Å². The Balaban J connectivity index is 0.00000342. The van der Waals surface area contributed by atoms with E-state index in [0.717, 1.165) is 6.08 Å². The van der Waals surface area contributed by atoms with Gasteiger partial charge in [-0.25, -0.2) is 4.98 Å². The second-order valence-electron chi connectivity index (χ2n) is 7.14. The molecular formula is C25H21ClN6O3. The van der Waals surface area contributed by atoms with Crippen LogP contribution in [-0.4, -0.2) is 32.9 Å². The number of anilines is 3. The Bertz CT molecular complexity index is 1350. The van der Waals surface area contributed by atoms with Crippen molar-refractivity contribution in [2.24, 2.45) is 0 Å². The standard InChI is InChI=1S/C25H20N6O3.ClH/c1-2-23(32)27-19-6-3-5-16(15-19)24(33)28-17-9-11-18(12-10-17)29-25(34)22-8-4-7-20(30-22)21-13-14-26-31-21;/h2-15H,1H2,(H,26,31)(H,27,32)(H,28,33)(H,29,34);1H. The van der Waals surface area contributed by atoms with E-state index in [-0.39, 0.29) is 35.8 Å². The Hall–Kier alpha value is -4.76. The van der Waals surface area contributed by atoms with Gasteiger partial charge in [0.05, 0.1) is 11.4 Å². The molecule has 3 amide bonds. The molecule has 9 nitrogen and oxygen atoms in total. The highest BCUT2D eigenvalue weighted by atomic mass is 35.5. The van der Waals surface area contributed by atoms with Crippen molar-refractivity contribution in [2.75, 3.05) is 16.0 Å². The van der Waals surface area contributed by atoms with Crippen molar-refractivity contribution < 1.29 is 14.4 Å². The molecule has 176 valence electrons. The minimum atomic E-state index is -0.364. The zero-order chi connectivity index (χ0) is 23.9. The minimum Gasteiger partial charge on any atom is -0.323 e. The van der Waals surface area contributed by atoms with Gasteiger partial charge in [0.1, 0.15) is 5.69 Å². The van der Waals surface area contributed by atoms with Crippen molar-refractivity contribution in [1.29, 1.82) is 0 Å². The van der Waals surface area contributed by atoms with Gasteiger partial charge in [0.15, 0.2) is 0 Å². The molecule has 0 aliphatic heterocycles. The van der Waals surface area contributed by atoms with Gasteiger partial charge in [-0.3, -0.25) is 19.5 Å². The summed E-state index contributed by atoms with van der Waals surface area (Å²) in [5, 5.41) is 14.9. The molecule has 10 heteroatoms. The number of carbonyl (C=O) groups is 3. The highest BCUT2D eigenvalue weighted by Gasteiger charge is 2.11. The van der Waals surface area contributed by atoms with Crippen LogP contribution >= 0.6 is 12.4 Å². The molecule has 0 radical (unpaired) electrons. The molecular weight excluding hydrogens is 468 g/mol. The fourth-order valence-corrected chi connectivity index (χ4v) is 3.08. The topological polar surface area (TPSA) is 129 Å². The van der Waals surface area contributed by atoms with Crippen LogP contribution in [0.3, 0.4) is 0 Å². The molecule has 0 saturated carbocycles. The smallest absolute Gasteiger partial charge is 0.274 e. The monoisotopic (exact) mass is 488 g/mol. The molecule has 2 aromatic heterocycles. The van der Waals surface area contributed by atoms with Crippen molar-refractivity contribution >= 4 is 47.2 Å². The third kappa shape index (κ3) is 6.40. The molecule has 4 rings (SSSR count). The van der Waals surface area contributed by atoms with Crippen molar-refractivity contribution in [3.63, 3.8) is 0 Å².